The van der Waals surface area contributed by atoms with Gasteiger partial charge in [0.1, 0.15) is 0 Å². The molecule has 0 atom stereocenters. The van der Waals surface area contributed by atoms with Gasteiger partial charge in [0.05, 0.1) is 0 Å². The Hall–Kier alpha value is -0.284. The van der Waals surface area contributed by atoms with Crippen LogP contribution in [0.3, 0.4) is 0 Å². The summed E-state index contributed by atoms with van der Waals surface area (Å²) in [5, 5.41) is 0. The Labute approximate surface area is 46.2 Å². The minimum Gasteiger partial charge on any atom is -0.467 e. The van der Waals surface area contributed by atoms with Crippen molar-refractivity contribution in [3.63, 3.8) is 0 Å². The predicted molar refractivity (Wildman–Crippen MR) is 17.4 cm³/mol. The van der Waals surface area contributed by atoms with Gasteiger partial charge in [0.15, 0.2) is 0 Å². The molecule has 1 rings (SSSR count). The van der Waals surface area contributed by atoms with Gasteiger partial charge in [-0.25, -0.2) is 0 Å². The average molecular weight is 126 g/mol. The summed E-state index contributed by atoms with van der Waals surface area (Å²) in [6.07, 6.45) is 5.83. The topological polar surface area (TPSA) is 28.7 Å². The maximum absolute atomic E-state index is 3.54. The molecule has 0 aliphatic rings. The summed E-state index contributed by atoms with van der Waals surface area (Å²) in [4.78, 5) is 6.17. The maximum atomic E-state index is 3.54. The summed E-state index contributed by atoms with van der Waals surface area (Å²) in [6.45, 7) is 0. The van der Waals surface area contributed by atoms with Crippen molar-refractivity contribution < 1.29 is 16.8 Å². The standard InChI is InChI=1S/C3H3N2.Co/c1-2-5-3-4-1;/h1-2H,(H,4,5);/q-1;. The summed E-state index contributed by atoms with van der Waals surface area (Å²) in [7, 11) is 0. The van der Waals surface area contributed by atoms with Crippen LogP contribution in [0.25, 0.3) is 0 Å². The second kappa shape index (κ2) is 2.93. The molecule has 1 N–H and O–H groups in total. The van der Waals surface area contributed by atoms with Crippen LogP contribution in [-0.2, 0) is 16.8 Å². The molecule has 0 aliphatic heterocycles. The molecule has 0 amide bonds. The molecule has 0 saturated heterocycles. The molecule has 0 bridgehead atoms. The van der Waals surface area contributed by atoms with Crippen LogP contribution >= 0.6 is 0 Å². The zero-order valence-electron chi connectivity index (χ0n) is 2.94. The number of hydrogen-bond acceptors (Lipinski definition) is 1. The van der Waals surface area contributed by atoms with E-state index in [9.17, 15) is 0 Å². The molecule has 0 spiro atoms. The Morgan fingerprint density at radius 1 is 1.67 bits per heavy atom. The normalized spacial score (nSPS) is 6.67. The molecule has 1 radical (unpaired) electrons. The third-order valence-electron chi connectivity index (χ3n) is 0.362. The van der Waals surface area contributed by atoms with Gasteiger partial charge in [-0.2, -0.15) is 0 Å². The van der Waals surface area contributed by atoms with Crippen molar-refractivity contribution in [1.82, 2.24) is 9.97 Å². The minimum absolute atomic E-state index is 0. The first-order valence-electron chi connectivity index (χ1n) is 1.35. The van der Waals surface area contributed by atoms with Gasteiger partial charge in [-0.05, 0) is 6.33 Å². The summed E-state index contributed by atoms with van der Waals surface area (Å²) < 4.78 is 0. The van der Waals surface area contributed by atoms with Crippen molar-refractivity contribution in [3.8, 4) is 0 Å². The first-order chi connectivity index (χ1) is 2.50. The van der Waals surface area contributed by atoms with E-state index in [0.29, 0.717) is 0 Å². The fourth-order valence-electron chi connectivity index (χ4n) is 0.186. The quantitative estimate of drug-likeness (QED) is 0.494. The van der Waals surface area contributed by atoms with Crippen LogP contribution in [0.15, 0.2) is 12.4 Å². The second-order valence-corrected chi connectivity index (χ2v) is 0.701. The molecule has 6 heavy (non-hydrogen) atoms. The third-order valence-corrected chi connectivity index (χ3v) is 0.362. The van der Waals surface area contributed by atoms with Crippen LogP contribution in [0, 0.1) is 6.33 Å². The molecule has 0 fully saturated rings. The minimum atomic E-state index is 0. The van der Waals surface area contributed by atoms with Gasteiger partial charge in [-0.15, -0.1) is 12.4 Å². The Morgan fingerprint density at radius 3 is 2.67 bits per heavy atom. The van der Waals surface area contributed by atoms with Gasteiger partial charge >= 0.3 is 0 Å². The Kier molecular flexibility index (Phi) is 2.79. The molecule has 35 valence electrons. The molecule has 0 aromatic carbocycles. The van der Waals surface area contributed by atoms with Gasteiger partial charge in [0.2, 0.25) is 0 Å². The van der Waals surface area contributed by atoms with Crippen LogP contribution in [0.2, 0.25) is 0 Å². The Balaban J connectivity index is 0.000000250. The van der Waals surface area contributed by atoms with E-state index in [4.69, 9.17) is 0 Å². The molecule has 1 aromatic heterocycles. The van der Waals surface area contributed by atoms with Crippen molar-refractivity contribution >= 4 is 0 Å². The van der Waals surface area contributed by atoms with Crippen molar-refractivity contribution in [3.05, 3.63) is 18.7 Å². The molecule has 3 heteroatoms. The molecule has 0 saturated carbocycles. The Bertz CT molecular complexity index is 65.3. The van der Waals surface area contributed by atoms with Crippen LogP contribution in [0.5, 0.6) is 0 Å². The third kappa shape index (κ3) is 1.23. The molecule has 0 unspecified atom stereocenters. The van der Waals surface area contributed by atoms with Crippen molar-refractivity contribution in [2.75, 3.05) is 0 Å². The van der Waals surface area contributed by atoms with E-state index in [1.807, 2.05) is 0 Å². The molecular formula is C3H3CoN2-. The first kappa shape index (κ1) is 5.72. The number of aromatic nitrogens is 2. The molecule has 2 nitrogen and oxygen atoms in total. The summed E-state index contributed by atoms with van der Waals surface area (Å²) >= 11 is 0. The predicted octanol–water partition coefficient (Wildman–Crippen LogP) is 0.207. The van der Waals surface area contributed by atoms with Crippen LogP contribution < -0.4 is 0 Å². The van der Waals surface area contributed by atoms with Gasteiger partial charge < -0.3 is 9.97 Å². The molecule has 0 aliphatic carbocycles. The van der Waals surface area contributed by atoms with E-state index in [0.717, 1.165) is 0 Å². The number of nitrogens with zero attached hydrogens (tertiary/aromatic N) is 1. The van der Waals surface area contributed by atoms with Crippen molar-refractivity contribution in [2.24, 2.45) is 0 Å². The fraction of sp³-hybridized carbons (Fsp3) is 0. The Morgan fingerprint density at radius 2 is 2.50 bits per heavy atom. The zero-order chi connectivity index (χ0) is 3.54. The van der Waals surface area contributed by atoms with E-state index in [2.05, 4.69) is 16.3 Å². The van der Waals surface area contributed by atoms with E-state index >= 15 is 0 Å². The largest absolute Gasteiger partial charge is 0.467 e. The van der Waals surface area contributed by atoms with Crippen LogP contribution in [0.4, 0.5) is 0 Å². The summed E-state index contributed by atoms with van der Waals surface area (Å²) in [5.74, 6) is 0. The first-order valence-corrected chi connectivity index (χ1v) is 1.35. The zero-order valence-corrected chi connectivity index (χ0v) is 3.98. The van der Waals surface area contributed by atoms with E-state index in [-0.39, 0.29) is 16.8 Å². The number of H-pyrrole nitrogens is 1. The van der Waals surface area contributed by atoms with Gasteiger partial charge in [0.25, 0.3) is 0 Å². The van der Waals surface area contributed by atoms with Crippen LogP contribution in [0.1, 0.15) is 0 Å². The number of imidazole rings is 1. The van der Waals surface area contributed by atoms with Gasteiger partial charge in [-0.1, -0.05) is 0 Å². The fourth-order valence-corrected chi connectivity index (χ4v) is 0.186. The summed E-state index contributed by atoms with van der Waals surface area (Å²) in [5.41, 5.74) is 0. The second-order valence-electron chi connectivity index (χ2n) is 0.701. The summed E-state index contributed by atoms with van der Waals surface area (Å²) in [6, 6.07) is 0. The smallest absolute Gasteiger partial charge is 0 e. The number of aromatic amines is 1. The molecular weight excluding hydrogens is 123 g/mol. The average Bonchev–Trinajstić information content (AvgIpc) is 1.76. The monoisotopic (exact) mass is 126 g/mol. The molecule has 1 heterocycles. The van der Waals surface area contributed by atoms with Crippen molar-refractivity contribution in [1.29, 1.82) is 0 Å². The van der Waals surface area contributed by atoms with Crippen molar-refractivity contribution in [2.45, 2.75) is 0 Å². The number of nitrogens with one attached hydrogen (secondary N) is 1. The molecule has 1 aromatic rings. The van der Waals surface area contributed by atoms with Crippen LogP contribution in [-0.4, -0.2) is 9.97 Å². The SMILES string of the molecule is [Co].[c-]1ncc[nH]1. The number of hydrogen-bond donors (Lipinski definition) is 1. The van der Waals surface area contributed by atoms with Gasteiger partial charge in [-0.3, -0.25) is 0 Å². The van der Waals surface area contributed by atoms with E-state index in [1.54, 1.807) is 12.4 Å². The van der Waals surface area contributed by atoms with Gasteiger partial charge in [0, 0.05) is 16.8 Å². The van der Waals surface area contributed by atoms with E-state index < -0.39 is 0 Å². The van der Waals surface area contributed by atoms with E-state index in [1.165, 1.54) is 0 Å². The maximum Gasteiger partial charge on any atom is 0 e. The number of rotatable bonds is 0.